The Hall–Kier alpha value is -1.70. The van der Waals surface area contributed by atoms with Crippen molar-refractivity contribution in [2.45, 2.75) is 35.4 Å². The van der Waals surface area contributed by atoms with Gasteiger partial charge in [-0.25, -0.2) is 16.8 Å². The summed E-state index contributed by atoms with van der Waals surface area (Å²) in [5, 5.41) is -1.21. The summed E-state index contributed by atoms with van der Waals surface area (Å²) in [6.07, 6.45) is 0.127. The molecule has 2 aromatic rings. The summed E-state index contributed by atoms with van der Waals surface area (Å²) in [5.74, 6) is 0. The van der Waals surface area contributed by atoms with E-state index in [-0.39, 0.29) is 16.2 Å². The van der Waals surface area contributed by atoms with Crippen molar-refractivity contribution < 1.29 is 16.8 Å². The van der Waals surface area contributed by atoms with Crippen molar-refractivity contribution in [2.24, 2.45) is 0 Å². The summed E-state index contributed by atoms with van der Waals surface area (Å²) in [6.45, 7) is 3.47. The van der Waals surface area contributed by atoms with Crippen LogP contribution in [0.5, 0.6) is 0 Å². The van der Waals surface area contributed by atoms with Crippen LogP contribution in [0.4, 0.5) is 0 Å². The van der Waals surface area contributed by atoms with Crippen molar-refractivity contribution in [3.63, 3.8) is 0 Å². The van der Waals surface area contributed by atoms with Crippen LogP contribution >= 0.6 is 0 Å². The van der Waals surface area contributed by atoms with Crippen LogP contribution in [-0.4, -0.2) is 22.2 Å². The molecule has 0 amide bonds. The van der Waals surface area contributed by atoms with Gasteiger partial charge in [0.1, 0.15) is 5.37 Å². The predicted octanol–water partition coefficient (Wildman–Crippen LogP) is 2.48. The zero-order chi connectivity index (χ0) is 17.1. The maximum absolute atomic E-state index is 12.6. The second-order valence-electron chi connectivity index (χ2n) is 5.19. The fraction of sp³-hybridized carbons (Fsp3) is 0.250. The zero-order valence-electron chi connectivity index (χ0n) is 12.9. The van der Waals surface area contributed by atoms with Gasteiger partial charge in [0.05, 0.1) is 9.79 Å². The Balaban J connectivity index is 2.34. The Morgan fingerprint density at radius 1 is 0.870 bits per heavy atom. The Morgan fingerprint density at radius 2 is 1.43 bits per heavy atom. The van der Waals surface area contributed by atoms with E-state index < -0.39 is 25.2 Å². The lowest BCUT2D eigenvalue weighted by atomic mass is 10.2. The minimum atomic E-state index is -3.91. The van der Waals surface area contributed by atoms with Gasteiger partial charge in [0, 0.05) is 0 Å². The first kappa shape index (κ1) is 17.7. The lowest BCUT2D eigenvalue weighted by molar-refractivity contribution is 0.549. The van der Waals surface area contributed by atoms with Gasteiger partial charge in [-0.05, 0) is 37.6 Å². The normalized spacial score (nSPS) is 13.7. The Morgan fingerprint density at radius 3 is 1.96 bits per heavy atom. The van der Waals surface area contributed by atoms with E-state index in [9.17, 15) is 16.8 Å². The van der Waals surface area contributed by atoms with Gasteiger partial charge in [0.15, 0.2) is 9.84 Å². The van der Waals surface area contributed by atoms with Crippen LogP contribution in [0.3, 0.4) is 0 Å². The highest BCUT2D eigenvalue weighted by Gasteiger charge is 2.30. The Bertz CT molecular complexity index is 858. The van der Waals surface area contributed by atoms with Gasteiger partial charge >= 0.3 is 0 Å². The van der Waals surface area contributed by atoms with Crippen molar-refractivity contribution in [2.75, 3.05) is 0 Å². The first-order chi connectivity index (χ1) is 10.8. The summed E-state index contributed by atoms with van der Waals surface area (Å²) < 4.78 is 52.3. The van der Waals surface area contributed by atoms with Crippen molar-refractivity contribution in [1.29, 1.82) is 0 Å². The maximum Gasteiger partial charge on any atom is 0.241 e. The number of hydrogen-bond acceptors (Lipinski definition) is 4. The molecule has 0 aliphatic carbocycles. The third kappa shape index (κ3) is 3.99. The lowest BCUT2D eigenvalue weighted by Gasteiger charge is -2.18. The molecule has 0 spiro atoms. The Labute approximate surface area is 137 Å². The number of hydrogen-bond donors (Lipinski definition) is 1. The third-order valence-corrected chi connectivity index (χ3v) is 7.20. The second kappa shape index (κ2) is 6.82. The third-order valence-electron chi connectivity index (χ3n) is 3.43. The molecule has 1 unspecified atom stereocenters. The molecule has 0 saturated carbocycles. The molecule has 0 aromatic heterocycles. The monoisotopic (exact) mass is 353 g/mol. The topological polar surface area (TPSA) is 80.3 Å². The highest BCUT2D eigenvalue weighted by molar-refractivity contribution is 7.94. The van der Waals surface area contributed by atoms with Crippen molar-refractivity contribution >= 4 is 19.9 Å². The number of aryl methyl sites for hydroxylation is 1. The summed E-state index contributed by atoms with van der Waals surface area (Å²) >= 11 is 0. The van der Waals surface area contributed by atoms with Crippen molar-refractivity contribution in [3.8, 4) is 0 Å². The van der Waals surface area contributed by atoms with Crippen LogP contribution in [0, 0.1) is 6.92 Å². The van der Waals surface area contributed by atoms with Gasteiger partial charge in [0.25, 0.3) is 0 Å². The average molecular weight is 353 g/mol. The summed E-state index contributed by atoms with van der Waals surface area (Å²) in [5.41, 5.74) is 0.924. The van der Waals surface area contributed by atoms with E-state index in [2.05, 4.69) is 4.72 Å². The Kier molecular flexibility index (Phi) is 5.23. The summed E-state index contributed by atoms with van der Waals surface area (Å²) in [4.78, 5) is 0.142. The van der Waals surface area contributed by atoms with E-state index in [1.807, 2.05) is 6.92 Å². The van der Waals surface area contributed by atoms with Crippen LogP contribution < -0.4 is 4.72 Å². The number of rotatable bonds is 6. The molecule has 5 nitrogen and oxygen atoms in total. The van der Waals surface area contributed by atoms with Crippen LogP contribution in [0.1, 0.15) is 18.9 Å². The first-order valence-electron chi connectivity index (χ1n) is 7.15. The standard InChI is InChI=1S/C16H19NO4S2/c1-3-16(22(18,19)14-7-5-4-6-8-14)17-23(20,21)15-11-9-13(2)10-12-15/h4-12,16-17H,3H2,1-2H3. The van der Waals surface area contributed by atoms with Crippen molar-refractivity contribution in [1.82, 2.24) is 4.72 Å². The van der Waals surface area contributed by atoms with Gasteiger partial charge in [0.2, 0.25) is 10.0 Å². The molecular weight excluding hydrogens is 334 g/mol. The van der Waals surface area contributed by atoms with Gasteiger partial charge in [-0.3, -0.25) is 0 Å². The van der Waals surface area contributed by atoms with Crippen LogP contribution in [0.25, 0.3) is 0 Å². The molecule has 0 bridgehead atoms. The maximum atomic E-state index is 12.6. The molecule has 1 N–H and O–H groups in total. The van der Waals surface area contributed by atoms with E-state index in [1.54, 1.807) is 37.3 Å². The van der Waals surface area contributed by atoms with Gasteiger partial charge in [-0.15, -0.1) is 0 Å². The van der Waals surface area contributed by atoms with Gasteiger partial charge < -0.3 is 0 Å². The molecule has 0 saturated heterocycles. The van der Waals surface area contributed by atoms with E-state index >= 15 is 0 Å². The number of sulfone groups is 1. The predicted molar refractivity (Wildman–Crippen MR) is 89.2 cm³/mol. The van der Waals surface area contributed by atoms with E-state index in [0.29, 0.717) is 0 Å². The molecule has 2 rings (SSSR count). The minimum absolute atomic E-state index is 0.0461. The molecule has 0 radical (unpaired) electrons. The molecule has 2 aromatic carbocycles. The van der Waals surface area contributed by atoms with Crippen molar-refractivity contribution in [3.05, 3.63) is 60.2 Å². The quantitative estimate of drug-likeness (QED) is 0.865. The molecule has 0 aliphatic rings. The van der Waals surface area contributed by atoms with Crippen LogP contribution in [0.15, 0.2) is 64.4 Å². The van der Waals surface area contributed by atoms with Crippen LogP contribution in [0.2, 0.25) is 0 Å². The SMILES string of the molecule is CCC(NS(=O)(=O)c1ccc(C)cc1)S(=O)(=O)c1ccccc1. The van der Waals surface area contributed by atoms with E-state index in [1.165, 1.54) is 24.3 Å². The highest BCUT2D eigenvalue weighted by atomic mass is 32.2. The van der Waals surface area contributed by atoms with Gasteiger partial charge in [-0.1, -0.05) is 42.8 Å². The lowest BCUT2D eigenvalue weighted by Crippen LogP contribution is -2.40. The molecule has 0 aliphatic heterocycles. The number of benzene rings is 2. The van der Waals surface area contributed by atoms with E-state index in [4.69, 9.17) is 0 Å². The van der Waals surface area contributed by atoms with E-state index in [0.717, 1.165) is 5.56 Å². The zero-order valence-corrected chi connectivity index (χ0v) is 14.6. The molecular formula is C16H19NO4S2. The first-order valence-corrected chi connectivity index (χ1v) is 10.2. The smallest absolute Gasteiger partial charge is 0.222 e. The fourth-order valence-corrected chi connectivity index (χ4v) is 5.43. The highest BCUT2D eigenvalue weighted by Crippen LogP contribution is 2.19. The molecule has 0 heterocycles. The average Bonchev–Trinajstić information content (AvgIpc) is 2.53. The summed E-state index contributed by atoms with van der Waals surface area (Å²) in [6, 6.07) is 14.1. The molecule has 1 atom stereocenters. The summed E-state index contributed by atoms with van der Waals surface area (Å²) in [7, 11) is -7.70. The van der Waals surface area contributed by atoms with Gasteiger partial charge in [-0.2, -0.15) is 4.72 Å². The molecule has 23 heavy (non-hydrogen) atoms. The minimum Gasteiger partial charge on any atom is -0.222 e. The number of nitrogens with one attached hydrogen (secondary N) is 1. The second-order valence-corrected chi connectivity index (χ2v) is 9.03. The number of sulfonamides is 1. The van der Waals surface area contributed by atoms with Crippen LogP contribution in [-0.2, 0) is 19.9 Å². The molecule has 7 heteroatoms. The largest absolute Gasteiger partial charge is 0.241 e. The molecule has 124 valence electrons. The molecule has 0 fully saturated rings. The fourth-order valence-electron chi connectivity index (χ4n) is 2.10.